The Balaban J connectivity index is 1.52. The maximum atomic E-state index is 13.2. The number of carbonyl (C=O) groups is 1. The average molecular weight is 541 g/mol. The van der Waals surface area contributed by atoms with E-state index in [1.165, 1.54) is 7.11 Å². The first-order chi connectivity index (χ1) is 16.9. The summed E-state index contributed by atoms with van der Waals surface area (Å²) in [6.07, 6.45) is 0.970. The molecule has 1 aliphatic rings. The van der Waals surface area contributed by atoms with Gasteiger partial charge in [-0.3, -0.25) is 15.6 Å². The van der Waals surface area contributed by atoms with Gasteiger partial charge in [-0.2, -0.15) is 0 Å². The molecule has 1 heterocycles. The smallest absolute Gasteiger partial charge is 0.231 e. The molecule has 0 radical (unpaired) electrons. The number of Topliss-reactive ketones (excluding diaryl/α,β-unsaturated/α-hetero) is 1. The maximum Gasteiger partial charge on any atom is 0.231 e. The van der Waals surface area contributed by atoms with Gasteiger partial charge in [-0.15, -0.1) is 0 Å². The van der Waals surface area contributed by atoms with Crippen LogP contribution in [0.1, 0.15) is 40.6 Å². The van der Waals surface area contributed by atoms with E-state index in [0.29, 0.717) is 38.4 Å². The topological polar surface area (TPSA) is 115 Å². The number of hydrogen-bond donors (Lipinski definition) is 2. The molecular formula is C26H25BrN2O6. The molecule has 2 aromatic carbocycles. The van der Waals surface area contributed by atoms with E-state index in [4.69, 9.17) is 34.2 Å². The number of rotatable bonds is 9. The summed E-state index contributed by atoms with van der Waals surface area (Å²) >= 11 is 3.44. The minimum atomic E-state index is -0.892. The second kappa shape index (κ2) is 10.5. The Morgan fingerprint density at radius 3 is 2.17 bits per heavy atom. The number of hydrogen-bond acceptors (Lipinski definition) is 8. The molecular weight excluding hydrogens is 516 g/mol. The highest BCUT2D eigenvalue weighted by molar-refractivity contribution is 9.10. The van der Waals surface area contributed by atoms with Gasteiger partial charge in [-0.1, -0.05) is 12.1 Å². The monoisotopic (exact) mass is 540 g/mol. The van der Waals surface area contributed by atoms with E-state index in [1.54, 1.807) is 62.8 Å². The van der Waals surface area contributed by atoms with Crippen LogP contribution in [0.2, 0.25) is 0 Å². The SMILES string of the molecule is COc1cc(-c2ccc(C(=O)C(OC)c3ccc(C(=N)OC(=N)C4CC4)cc3)o2)cc(OC)c1Br. The van der Waals surface area contributed by atoms with Crippen LogP contribution in [0.3, 0.4) is 0 Å². The van der Waals surface area contributed by atoms with Crippen LogP contribution in [0.4, 0.5) is 0 Å². The molecule has 0 bridgehead atoms. The van der Waals surface area contributed by atoms with Crippen LogP contribution in [0, 0.1) is 16.7 Å². The number of carbonyl (C=O) groups excluding carboxylic acids is 1. The highest BCUT2D eigenvalue weighted by Gasteiger charge is 2.29. The van der Waals surface area contributed by atoms with Gasteiger partial charge in [0.15, 0.2) is 11.7 Å². The van der Waals surface area contributed by atoms with Crippen molar-refractivity contribution >= 4 is 33.5 Å². The van der Waals surface area contributed by atoms with Crippen molar-refractivity contribution in [3.05, 3.63) is 69.9 Å². The van der Waals surface area contributed by atoms with E-state index in [1.807, 2.05) is 0 Å². The molecule has 1 aliphatic carbocycles. The third-order valence-electron chi connectivity index (χ3n) is 5.69. The third kappa shape index (κ3) is 5.31. The second-order valence-corrected chi connectivity index (χ2v) is 8.82. The van der Waals surface area contributed by atoms with Gasteiger partial charge < -0.3 is 23.4 Å². The summed E-state index contributed by atoms with van der Waals surface area (Å²) in [7, 11) is 4.56. The molecule has 0 aliphatic heterocycles. The lowest BCUT2D eigenvalue weighted by Crippen LogP contribution is -2.16. The van der Waals surface area contributed by atoms with Crippen molar-refractivity contribution in [2.45, 2.75) is 18.9 Å². The predicted molar refractivity (Wildman–Crippen MR) is 134 cm³/mol. The van der Waals surface area contributed by atoms with Gasteiger partial charge in [-0.25, -0.2) is 0 Å². The first-order valence-corrected chi connectivity index (χ1v) is 11.7. The molecule has 3 aromatic rings. The van der Waals surface area contributed by atoms with Crippen molar-refractivity contribution < 1.29 is 28.2 Å². The van der Waals surface area contributed by atoms with Crippen molar-refractivity contribution in [3.8, 4) is 22.8 Å². The van der Waals surface area contributed by atoms with Crippen molar-refractivity contribution in [1.29, 1.82) is 10.8 Å². The summed E-state index contributed by atoms with van der Waals surface area (Å²) in [5.41, 5.74) is 1.81. The van der Waals surface area contributed by atoms with E-state index in [2.05, 4.69) is 15.9 Å². The van der Waals surface area contributed by atoms with Crippen LogP contribution in [0.25, 0.3) is 11.3 Å². The minimum Gasteiger partial charge on any atom is -0.495 e. The number of halogens is 1. The largest absolute Gasteiger partial charge is 0.495 e. The fraction of sp³-hybridized carbons (Fsp3) is 0.269. The van der Waals surface area contributed by atoms with Gasteiger partial charge in [0.25, 0.3) is 0 Å². The van der Waals surface area contributed by atoms with Crippen LogP contribution in [0.15, 0.2) is 57.4 Å². The zero-order valence-electron chi connectivity index (χ0n) is 19.5. The Hall–Kier alpha value is -3.43. The third-order valence-corrected chi connectivity index (χ3v) is 6.47. The number of benzene rings is 2. The van der Waals surface area contributed by atoms with E-state index >= 15 is 0 Å². The number of ketones is 1. The minimum absolute atomic E-state index is 0.0928. The summed E-state index contributed by atoms with van der Waals surface area (Å²) in [5, 5.41) is 15.9. The fourth-order valence-electron chi connectivity index (χ4n) is 3.57. The van der Waals surface area contributed by atoms with Crippen molar-refractivity contribution in [3.63, 3.8) is 0 Å². The molecule has 35 heavy (non-hydrogen) atoms. The first-order valence-electron chi connectivity index (χ1n) is 10.9. The van der Waals surface area contributed by atoms with Crippen LogP contribution >= 0.6 is 15.9 Å². The Labute approximate surface area is 211 Å². The van der Waals surface area contributed by atoms with Crippen molar-refractivity contribution in [2.75, 3.05) is 21.3 Å². The molecule has 4 rings (SSSR count). The van der Waals surface area contributed by atoms with Gasteiger partial charge >= 0.3 is 0 Å². The lowest BCUT2D eigenvalue weighted by molar-refractivity contribution is 0.0577. The Kier molecular flexibility index (Phi) is 7.37. The summed E-state index contributed by atoms with van der Waals surface area (Å²) in [6, 6.07) is 13.6. The molecule has 0 saturated heterocycles. The Bertz CT molecular complexity index is 1240. The van der Waals surface area contributed by atoms with E-state index in [9.17, 15) is 4.79 Å². The molecule has 9 heteroatoms. The number of furan rings is 1. The van der Waals surface area contributed by atoms with Crippen LogP contribution in [0.5, 0.6) is 11.5 Å². The van der Waals surface area contributed by atoms with Gasteiger partial charge in [0.2, 0.25) is 11.7 Å². The molecule has 1 aromatic heterocycles. The normalized spacial score (nSPS) is 13.7. The fourth-order valence-corrected chi connectivity index (χ4v) is 4.12. The Morgan fingerprint density at radius 2 is 1.63 bits per heavy atom. The van der Waals surface area contributed by atoms with E-state index in [-0.39, 0.29) is 29.3 Å². The molecule has 0 spiro atoms. The lowest BCUT2D eigenvalue weighted by Gasteiger charge is -2.14. The van der Waals surface area contributed by atoms with Crippen LogP contribution in [-0.4, -0.2) is 38.9 Å². The molecule has 1 atom stereocenters. The summed E-state index contributed by atoms with van der Waals surface area (Å²) in [5.74, 6) is 1.58. The maximum absolute atomic E-state index is 13.2. The standard InChI is InChI=1S/C26H25BrN2O6/c1-31-20-12-17(13-21(32-2)22(20)27)18-10-11-19(34-18)23(30)24(33-3)14-4-6-15(7-5-14)25(28)35-26(29)16-8-9-16/h4-7,10-13,16,24,28-29H,8-9H2,1-3H3. The van der Waals surface area contributed by atoms with Gasteiger partial charge in [0.05, 0.1) is 14.2 Å². The highest BCUT2D eigenvalue weighted by atomic mass is 79.9. The number of ether oxygens (including phenoxy) is 4. The molecule has 182 valence electrons. The average Bonchev–Trinajstić information content (AvgIpc) is 3.61. The summed E-state index contributed by atoms with van der Waals surface area (Å²) < 4.78 is 28.1. The molecule has 8 nitrogen and oxygen atoms in total. The molecule has 1 unspecified atom stereocenters. The summed E-state index contributed by atoms with van der Waals surface area (Å²) in [4.78, 5) is 13.2. The van der Waals surface area contributed by atoms with Gasteiger partial charge in [-0.05, 0) is 70.7 Å². The van der Waals surface area contributed by atoms with Crippen LogP contribution in [-0.2, 0) is 9.47 Å². The van der Waals surface area contributed by atoms with Gasteiger partial charge in [0, 0.05) is 24.2 Å². The lowest BCUT2D eigenvalue weighted by atomic mass is 10.0. The molecule has 1 fully saturated rings. The zero-order chi connectivity index (χ0) is 25.1. The quantitative estimate of drug-likeness (QED) is 0.194. The predicted octanol–water partition coefficient (Wildman–Crippen LogP) is 6.03. The van der Waals surface area contributed by atoms with Crippen molar-refractivity contribution in [2.24, 2.45) is 5.92 Å². The van der Waals surface area contributed by atoms with Crippen LogP contribution < -0.4 is 9.47 Å². The van der Waals surface area contributed by atoms with E-state index < -0.39 is 6.10 Å². The summed E-state index contributed by atoms with van der Waals surface area (Å²) in [6.45, 7) is 0. The number of nitrogens with one attached hydrogen (secondary N) is 2. The molecule has 1 saturated carbocycles. The second-order valence-electron chi connectivity index (χ2n) is 8.03. The number of methoxy groups -OCH3 is 3. The van der Waals surface area contributed by atoms with Crippen molar-refractivity contribution in [1.82, 2.24) is 0 Å². The first kappa shape index (κ1) is 24.7. The zero-order valence-corrected chi connectivity index (χ0v) is 21.1. The highest BCUT2D eigenvalue weighted by Crippen LogP contribution is 2.39. The molecule has 2 N–H and O–H groups in total. The van der Waals surface area contributed by atoms with E-state index in [0.717, 1.165) is 12.8 Å². The van der Waals surface area contributed by atoms with Gasteiger partial charge in [0.1, 0.15) is 27.8 Å². The molecule has 0 amide bonds. The Morgan fingerprint density at radius 1 is 1.00 bits per heavy atom.